The van der Waals surface area contributed by atoms with Crippen LogP contribution in [0.1, 0.15) is 10.4 Å². The van der Waals surface area contributed by atoms with Crippen LogP contribution in [0.5, 0.6) is 0 Å². The van der Waals surface area contributed by atoms with Crippen molar-refractivity contribution in [1.82, 2.24) is 4.90 Å². The highest BCUT2D eigenvalue weighted by atomic mass is 32.2. The maximum absolute atomic E-state index is 11.9. The van der Waals surface area contributed by atoms with E-state index in [1.54, 1.807) is 6.08 Å². The predicted molar refractivity (Wildman–Crippen MR) is 70.9 cm³/mol. The average Bonchev–Trinajstić information content (AvgIpc) is 2.79. The van der Waals surface area contributed by atoms with Gasteiger partial charge in [0.1, 0.15) is 6.54 Å². The van der Waals surface area contributed by atoms with Crippen LogP contribution in [0.15, 0.2) is 16.4 Å². The summed E-state index contributed by atoms with van der Waals surface area (Å²) in [6.45, 7) is 1.56. The molecule has 1 fully saturated rings. The number of amides is 3. The first-order valence-electron chi connectivity index (χ1n) is 5.07. The van der Waals surface area contributed by atoms with Crippen LogP contribution in [0.3, 0.4) is 0 Å². The number of nitrogens with zero attached hydrogens (tertiary/aromatic N) is 1. The SMILES string of the molecule is Cc1ccsc1/C=C1\SC(=O)N(CC(N)=O)C1=O. The van der Waals surface area contributed by atoms with E-state index in [4.69, 9.17) is 5.73 Å². The Labute approximate surface area is 112 Å². The summed E-state index contributed by atoms with van der Waals surface area (Å²) in [5.74, 6) is -1.16. The predicted octanol–water partition coefficient (Wildman–Crippen LogP) is 1.58. The average molecular weight is 282 g/mol. The molecule has 7 heteroatoms. The van der Waals surface area contributed by atoms with Crippen LogP contribution >= 0.6 is 23.1 Å². The summed E-state index contributed by atoms with van der Waals surface area (Å²) in [5.41, 5.74) is 6.03. The standard InChI is InChI=1S/C11H10N2O3S2/c1-6-2-3-17-7(6)4-8-10(15)13(5-9(12)14)11(16)18-8/h2-4H,5H2,1H3,(H2,12,14)/b8-4-. The maximum atomic E-state index is 11.9. The molecule has 0 aromatic carbocycles. The lowest BCUT2D eigenvalue weighted by Gasteiger charge is -2.08. The van der Waals surface area contributed by atoms with Crippen molar-refractivity contribution in [3.63, 3.8) is 0 Å². The van der Waals surface area contributed by atoms with Crippen LogP contribution in [-0.4, -0.2) is 28.5 Å². The molecule has 0 atom stereocenters. The number of aryl methyl sites for hydroxylation is 1. The summed E-state index contributed by atoms with van der Waals surface area (Å²) in [6, 6.07) is 1.93. The topological polar surface area (TPSA) is 80.5 Å². The second-order valence-electron chi connectivity index (χ2n) is 3.70. The molecule has 2 rings (SSSR count). The van der Waals surface area contributed by atoms with Crippen molar-refractivity contribution >= 4 is 46.2 Å². The fourth-order valence-corrected chi connectivity index (χ4v) is 3.20. The fraction of sp³-hybridized carbons (Fsp3) is 0.182. The molecular formula is C11H10N2O3S2. The molecule has 1 aromatic heterocycles. The molecule has 0 radical (unpaired) electrons. The summed E-state index contributed by atoms with van der Waals surface area (Å²) < 4.78 is 0. The quantitative estimate of drug-likeness (QED) is 0.853. The van der Waals surface area contributed by atoms with Gasteiger partial charge in [-0.1, -0.05) is 0 Å². The molecule has 1 aliphatic rings. The summed E-state index contributed by atoms with van der Waals surface area (Å²) in [5, 5.41) is 1.45. The van der Waals surface area contributed by atoms with E-state index in [0.717, 1.165) is 27.1 Å². The summed E-state index contributed by atoms with van der Waals surface area (Å²) in [6.07, 6.45) is 1.67. The van der Waals surface area contributed by atoms with E-state index in [1.807, 2.05) is 18.4 Å². The van der Waals surface area contributed by atoms with Gasteiger partial charge in [0, 0.05) is 4.88 Å². The van der Waals surface area contributed by atoms with Gasteiger partial charge >= 0.3 is 0 Å². The monoisotopic (exact) mass is 282 g/mol. The highest BCUT2D eigenvalue weighted by molar-refractivity contribution is 8.18. The molecule has 1 aromatic rings. The molecule has 0 aliphatic carbocycles. The fourth-order valence-electron chi connectivity index (χ4n) is 1.44. The van der Waals surface area contributed by atoms with E-state index >= 15 is 0 Å². The van der Waals surface area contributed by atoms with Gasteiger partial charge in [0.05, 0.1) is 4.91 Å². The Kier molecular flexibility index (Phi) is 3.53. The lowest BCUT2D eigenvalue weighted by Crippen LogP contribution is -2.36. The van der Waals surface area contributed by atoms with Crippen molar-refractivity contribution in [3.8, 4) is 0 Å². The van der Waals surface area contributed by atoms with E-state index in [1.165, 1.54) is 11.3 Å². The zero-order chi connectivity index (χ0) is 13.3. The Morgan fingerprint density at radius 2 is 2.22 bits per heavy atom. The van der Waals surface area contributed by atoms with Gasteiger partial charge in [0.15, 0.2) is 0 Å². The van der Waals surface area contributed by atoms with Crippen LogP contribution in [0, 0.1) is 6.92 Å². The van der Waals surface area contributed by atoms with Crippen molar-refractivity contribution < 1.29 is 14.4 Å². The lowest BCUT2D eigenvalue weighted by atomic mass is 10.2. The molecule has 2 N–H and O–H groups in total. The molecule has 1 saturated heterocycles. The van der Waals surface area contributed by atoms with Crippen LogP contribution in [-0.2, 0) is 9.59 Å². The maximum Gasteiger partial charge on any atom is 0.294 e. The Hall–Kier alpha value is -1.60. The second-order valence-corrected chi connectivity index (χ2v) is 5.64. The molecule has 18 heavy (non-hydrogen) atoms. The van der Waals surface area contributed by atoms with Crippen LogP contribution in [0.2, 0.25) is 0 Å². The first kappa shape index (κ1) is 12.8. The van der Waals surface area contributed by atoms with E-state index in [9.17, 15) is 14.4 Å². The third kappa shape index (κ3) is 2.46. The highest BCUT2D eigenvalue weighted by Gasteiger charge is 2.35. The molecule has 0 bridgehead atoms. The normalized spacial score (nSPS) is 17.8. The van der Waals surface area contributed by atoms with Gasteiger partial charge in [-0.05, 0) is 41.8 Å². The molecule has 0 saturated carbocycles. The molecule has 2 heterocycles. The zero-order valence-corrected chi connectivity index (χ0v) is 11.1. The molecule has 5 nitrogen and oxygen atoms in total. The number of carbonyl (C=O) groups is 3. The molecule has 94 valence electrons. The van der Waals surface area contributed by atoms with E-state index in [2.05, 4.69) is 0 Å². The third-order valence-corrected chi connectivity index (χ3v) is 4.22. The molecule has 0 spiro atoms. The van der Waals surface area contributed by atoms with Crippen LogP contribution in [0.25, 0.3) is 6.08 Å². The molecule has 0 unspecified atom stereocenters. The summed E-state index contributed by atoms with van der Waals surface area (Å²) >= 11 is 2.32. The number of primary amides is 1. The number of rotatable bonds is 3. The van der Waals surface area contributed by atoms with Crippen molar-refractivity contribution in [2.24, 2.45) is 5.73 Å². The number of nitrogens with two attached hydrogens (primary N) is 1. The van der Waals surface area contributed by atoms with E-state index < -0.39 is 17.1 Å². The van der Waals surface area contributed by atoms with Gasteiger partial charge in [0.2, 0.25) is 5.91 Å². The summed E-state index contributed by atoms with van der Waals surface area (Å²) in [4.78, 5) is 36.4. The number of imide groups is 1. The van der Waals surface area contributed by atoms with Gasteiger partial charge in [0.25, 0.3) is 11.1 Å². The lowest BCUT2D eigenvalue weighted by molar-refractivity contribution is -0.127. The number of hydrogen-bond donors (Lipinski definition) is 1. The number of carbonyl (C=O) groups excluding carboxylic acids is 3. The summed E-state index contributed by atoms with van der Waals surface area (Å²) in [7, 11) is 0. The highest BCUT2D eigenvalue weighted by Crippen LogP contribution is 2.33. The third-order valence-electron chi connectivity index (χ3n) is 2.35. The number of thiophene rings is 1. The van der Waals surface area contributed by atoms with Crippen molar-refractivity contribution in [2.45, 2.75) is 6.92 Å². The van der Waals surface area contributed by atoms with Gasteiger partial charge in [-0.2, -0.15) is 0 Å². The Morgan fingerprint density at radius 1 is 1.50 bits per heavy atom. The Morgan fingerprint density at radius 3 is 2.78 bits per heavy atom. The van der Waals surface area contributed by atoms with E-state index in [-0.39, 0.29) is 6.54 Å². The Balaban J connectivity index is 2.25. The number of thioether (sulfide) groups is 1. The van der Waals surface area contributed by atoms with E-state index in [0.29, 0.717) is 4.91 Å². The first-order chi connectivity index (χ1) is 8.49. The van der Waals surface area contributed by atoms with Gasteiger partial charge in [-0.15, -0.1) is 11.3 Å². The number of hydrogen-bond acceptors (Lipinski definition) is 5. The first-order valence-corrected chi connectivity index (χ1v) is 6.76. The van der Waals surface area contributed by atoms with Gasteiger partial charge in [-0.25, -0.2) is 0 Å². The van der Waals surface area contributed by atoms with Crippen LogP contribution in [0.4, 0.5) is 4.79 Å². The van der Waals surface area contributed by atoms with Gasteiger partial charge in [-0.3, -0.25) is 19.3 Å². The minimum atomic E-state index is -0.703. The second kappa shape index (κ2) is 4.95. The van der Waals surface area contributed by atoms with Crippen LogP contribution < -0.4 is 5.73 Å². The largest absolute Gasteiger partial charge is 0.368 e. The van der Waals surface area contributed by atoms with Crippen molar-refractivity contribution in [1.29, 1.82) is 0 Å². The smallest absolute Gasteiger partial charge is 0.294 e. The minimum Gasteiger partial charge on any atom is -0.368 e. The Bertz CT molecular complexity index is 562. The van der Waals surface area contributed by atoms with Crippen molar-refractivity contribution in [3.05, 3.63) is 26.8 Å². The molecular weight excluding hydrogens is 272 g/mol. The minimum absolute atomic E-state index is 0.326. The van der Waals surface area contributed by atoms with Crippen molar-refractivity contribution in [2.75, 3.05) is 6.54 Å². The molecule has 1 aliphatic heterocycles. The van der Waals surface area contributed by atoms with Gasteiger partial charge < -0.3 is 5.73 Å². The molecule has 3 amide bonds. The zero-order valence-electron chi connectivity index (χ0n) is 9.50.